The molecule has 139 valence electrons. The average molecular weight is 403 g/mol. The molecular formula is C20H42O2Y-2. The first kappa shape index (κ1) is 43.4. The molecule has 2 nitrogen and oxygen atoms in total. The van der Waals surface area contributed by atoms with Crippen molar-refractivity contribution in [3.8, 4) is 0 Å². The summed E-state index contributed by atoms with van der Waals surface area (Å²) in [7, 11) is 0. The Morgan fingerprint density at radius 2 is 1.13 bits per heavy atom. The van der Waals surface area contributed by atoms with Crippen molar-refractivity contribution in [2.75, 3.05) is 0 Å². The van der Waals surface area contributed by atoms with Gasteiger partial charge in [-0.1, -0.05) is 105 Å². The molecule has 3 heteroatoms. The predicted octanol–water partition coefficient (Wildman–Crippen LogP) is 7.10. The van der Waals surface area contributed by atoms with Crippen LogP contribution < -0.4 is 0 Å². The van der Waals surface area contributed by atoms with Gasteiger partial charge in [0.25, 0.3) is 0 Å². The van der Waals surface area contributed by atoms with Crippen molar-refractivity contribution < 1.29 is 42.6 Å². The molecule has 1 N–H and O–H groups in total. The third kappa shape index (κ3) is 52.2. The fraction of sp³-hybridized carbons (Fsp3) is 0.550. The van der Waals surface area contributed by atoms with Crippen molar-refractivity contribution in [3.05, 3.63) is 49.7 Å². The maximum atomic E-state index is 10.1. The average Bonchev–Trinajstić information content (AvgIpc) is 2.63. The van der Waals surface area contributed by atoms with Gasteiger partial charge >= 0.3 is 0 Å². The molecule has 0 heterocycles. The fourth-order valence-corrected chi connectivity index (χ4v) is 0.819. The van der Waals surface area contributed by atoms with Gasteiger partial charge in [0.1, 0.15) is 0 Å². The van der Waals surface area contributed by atoms with Crippen LogP contribution in [0.5, 0.6) is 0 Å². The smallest absolute Gasteiger partial charge is 0.164 e. The summed E-state index contributed by atoms with van der Waals surface area (Å²) in [5.74, 6) is -0.867. The fourth-order valence-electron chi connectivity index (χ4n) is 0.819. The first-order chi connectivity index (χ1) is 10.3. The summed E-state index contributed by atoms with van der Waals surface area (Å²) in [5.41, 5.74) is 1.02. The van der Waals surface area contributed by atoms with E-state index in [2.05, 4.69) is 0 Å². The third-order valence-corrected chi connectivity index (χ3v) is 1.36. The van der Waals surface area contributed by atoms with Crippen molar-refractivity contribution in [1.29, 1.82) is 0 Å². The van der Waals surface area contributed by atoms with Gasteiger partial charge in [-0.2, -0.15) is 0 Å². The van der Waals surface area contributed by atoms with Crippen LogP contribution in [-0.2, 0) is 43.9 Å². The Kier molecular flexibility index (Phi) is 109. The largest absolute Gasteiger partial charge is 0.503 e. The number of hydrogen-bond donors (Lipinski definition) is 1. The van der Waals surface area contributed by atoms with Gasteiger partial charge in [-0.05, 0) is 0 Å². The molecule has 0 spiro atoms. The van der Waals surface area contributed by atoms with E-state index in [0.717, 1.165) is 5.56 Å². The maximum absolute atomic E-state index is 10.1. The summed E-state index contributed by atoms with van der Waals surface area (Å²) in [6, 6.07) is 9.50. The van der Waals surface area contributed by atoms with Crippen LogP contribution in [-0.4, -0.2) is 11.1 Å². The summed E-state index contributed by atoms with van der Waals surface area (Å²) >= 11 is 0. The summed E-state index contributed by atoms with van der Waals surface area (Å²) in [6.07, 6.45) is 1.74. The molecule has 0 saturated carbocycles. The topological polar surface area (TPSA) is 37.3 Å². The van der Waals surface area contributed by atoms with Gasteiger partial charge in [-0.15, -0.1) is 6.42 Å². The number of carboxylic acids is 1. The number of carbonyl (C=O) groups is 1. The standard InChI is InChI=1S/C9H9O2.5C2H6.CH3.Y/c10-9(11)7-6-8-4-2-1-3-5-8;5*1-2;;/h1-5,7H,6H2,(H,10,11);5*1-2H3;1H3;/q-1;;;;;;-1;. The van der Waals surface area contributed by atoms with Crippen LogP contribution in [0.15, 0.2) is 30.3 Å². The third-order valence-electron chi connectivity index (χ3n) is 1.36. The number of carboxylic acid groups (broad SMARTS) is 1. The molecule has 1 radical (unpaired) electrons. The van der Waals surface area contributed by atoms with E-state index >= 15 is 0 Å². The Labute approximate surface area is 173 Å². The Morgan fingerprint density at radius 3 is 1.39 bits per heavy atom. The summed E-state index contributed by atoms with van der Waals surface area (Å²) in [5, 5.41) is 8.32. The second kappa shape index (κ2) is 57.7. The zero-order valence-electron chi connectivity index (χ0n) is 17.6. The molecule has 1 aromatic carbocycles. The van der Waals surface area contributed by atoms with Crippen molar-refractivity contribution in [3.63, 3.8) is 0 Å². The van der Waals surface area contributed by atoms with Gasteiger partial charge in [-0.25, -0.2) is 0 Å². The van der Waals surface area contributed by atoms with E-state index in [1.165, 1.54) is 6.42 Å². The maximum Gasteiger partial charge on any atom is 0.164 e. The molecule has 1 aromatic rings. The molecule has 0 aliphatic rings. The molecule has 1 rings (SSSR count). The Balaban J connectivity index is -0.0000000370. The summed E-state index contributed by atoms with van der Waals surface area (Å²) < 4.78 is 0. The second-order valence-corrected chi connectivity index (χ2v) is 2.23. The van der Waals surface area contributed by atoms with E-state index < -0.39 is 5.97 Å². The zero-order chi connectivity index (χ0) is 18.1. The first-order valence-corrected chi connectivity index (χ1v) is 8.39. The van der Waals surface area contributed by atoms with Crippen LogP contribution >= 0.6 is 0 Å². The quantitative estimate of drug-likeness (QED) is 0.547. The van der Waals surface area contributed by atoms with Crippen LogP contribution in [0.25, 0.3) is 0 Å². The van der Waals surface area contributed by atoms with Crippen LogP contribution in [0, 0.1) is 13.8 Å². The van der Waals surface area contributed by atoms with Crippen molar-refractivity contribution >= 4 is 5.97 Å². The van der Waals surface area contributed by atoms with E-state index in [9.17, 15) is 4.79 Å². The minimum atomic E-state index is -0.867. The van der Waals surface area contributed by atoms with Gasteiger partial charge in [-0.3, -0.25) is 11.2 Å². The summed E-state index contributed by atoms with van der Waals surface area (Å²) in [4.78, 5) is 10.1. The predicted molar refractivity (Wildman–Crippen MR) is 105 cm³/mol. The van der Waals surface area contributed by atoms with Crippen molar-refractivity contribution in [1.82, 2.24) is 0 Å². The molecule has 0 saturated heterocycles. The molecule has 0 aliphatic heterocycles. The Morgan fingerprint density at radius 1 is 0.826 bits per heavy atom. The zero-order valence-corrected chi connectivity index (χ0v) is 20.4. The Hall–Kier alpha value is -0.336. The number of rotatable bonds is 3. The van der Waals surface area contributed by atoms with Gasteiger partial charge in [0.05, 0.1) is 0 Å². The molecule has 0 aliphatic carbocycles. The molecule has 0 atom stereocenters. The van der Waals surface area contributed by atoms with Gasteiger partial charge in [0.2, 0.25) is 0 Å². The minimum Gasteiger partial charge on any atom is -0.503 e. The summed E-state index contributed by atoms with van der Waals surface area (Å²) in [6.45, 7) is 20.0. The van der Waals surface area contributed by atoms with Crippen molar-refractivity contribution in [2.45, 2.75) is 75.7 Å². The SMILES string of the molecule is CC.CC.CC.CC.CC.O=C(O)[CH-]Cc1ccccc1.[CH3-].[Y]. The van der Waals surface area contributed by atoms with E-state index in [1.54, 1.807) is 0 Å². The number of hydrogen-bond acceptors (Lipinski definition) is 1. The monoisotopic (exact) mass is 403 g/mol. The molecule has 0 fully saturated rings. The van der Waals surface area contributed by atoms with E-state index in [1.807, 2.05) is 99.6 Å². The molecule has 23 heavy (non-hydrogen) atoms. The molecule has 0 unspecified atom stereocenters. The molecular weight excluding hydrogens is 361 g/mol. The molecule has 0 aromatic heterocycles. The van der Waals surface area contributed by atoms with E-state index in [4.69, 9.17) is 5.11 Å². The van der Waals surface area contributed by atoms with Gasteiger partial charge in [0.15, 0.2) is 5.97 Å². The molecule has 0 bridgehead atoms. The number of benzene rings is 1. The normalized spacial score (nSPS) is 5.65. The van der Waals surface area contributed by atoms with Gasteiger partial charge in [0, 0.05) is 32.7 Å². The Bertz CT molecular complexity index is 237. The van der Waals surface area contributed by atoms with Crippen LogP contribution in [0.1, 0.15) is 74.8 Å². The second-order valence-electron chi connectivity index (χ2n) is 2.23. The number of aliphatic carboxylic acids is 1. The van der Waals surface area contributed by atoms with Crippen LogP contribution in [0.3, 0.4) is 0 Å². The van der Waals surface area contributed by atoms with Crippen LogP contribution in [0.2, 0.25) is 0 Å². The van der Waals surface area contributed by atoms with E-state index in [-0.39, 0.29) is 40.1 Å². The van der Waals surface area contributed by atoms with Crippen LogP contribution in [0.4, 0.5) is 0 Å². The first-order valence-electron chi connectivity index (χ1n) is 8.39. The minimum absolute atomic E-state index is 0. The van der Waals surface area contributed by atoms with Crippen molar-refractivity contribution in [2.24, 2.45) is 0 Å². The van der Waals surface area contributed by atoms with Gasteiger partial charge < -0.3 is 12.5 Å². The van der Waals surface area contributed by atoms with E-state index in [0.29, 0.717) is 6.42 Å². The molecule has 0 amide bonds.